The molecule has 2 rings (SSSR count). The minimum atomic E-state index is -1.08. The van der Waals surface area contributed by atoms with Crippen LogP contribution in [0.3, 0.4) is 0 Å². The van der Waals surface area contributed by atoms with Crippen LogP contribution in [0.25, 0.3) is 0 Å². The fourth-order valence-electron chi connectivity index (χ4n) is 2.26. The number of amides is 1. The van der Waals surface area contributed by atoms with E-state index in [1.54, 1.807) is 31.4 Å². The first-order chi connectivity index (χ1) is 12.1. The van der Waals surface area contributed by atoms with E-state index in [0.717, 1.165) is 5.56 Å². The molecular weight excluding hydrogens is 322 g/mol. The van der Waals surface area contributed by atoms with Gasteiger partial charge in [0.1, 0.15) is 18.4 Å². The Labute approximate surface area is 146 Å². The van der Waals surface area contributed by atoms with E-state index in [0.29, 0.717) is 24.5 Å². The largest absolute Gasteiger partial charge is 0.491 e. The van der Waals surface area contributed by atoms with Crippen LogP contribution in [0.1, 0.15) is 15.9 Å². The summed E-state index contributed by atoms with van der Waals surface area (Å²) in [6.07, 6.45) is 0.214. The highest BCUT2D eigenvalue weighted by molar-refractivity contribution is 5.96. The molecule has 6 nitrogen and oxygen atoms in total. The Morgan fingerprint density at radius 3 is 2.52 bits per heavy atom. The third-order valence-corrected chi connectivity index (χ3v) is 3.54. The van der Waals surface area contributed by atoms with E-state index >= 15 is 0 Å². The number of nitrogens with one attached hydrogen (secondary N) is 1. The molecule has 25 heavy (non-hydrogen) atoms. The van der Waals surface area contributed by atoms with Gasteiger partial charge in [-0.3, -0.25) is 4.79 Å². The summed E-state index contributed by atoms with van der Waals surface area (Å²) in [7, 11) is 1.58. The van der Waals surface area contributed by atoms with Gasteiger partial charge in [-0.05, 0) is 23.8 Å². The van der Waals surface area contributed by atoms with Crippen LogP contribution in [-0.2, 0) is 16.0 Å². The maximum atomic E-state index is 12.4. The number of rotatable bonds is 9. The molecule has 1 amide bonds. The molecule has 132 valence electrons. The predicted octanol–water partition coefficient (Wildman–Crippen LogP) is 2.14. The molecule has 0 aliphatic rings. The van der Waals surface area contributed by atoms with E-state index in [-0.39, 0.29) is 6.42 Å². The van der Waals surface area contributed by atoms with Crippen molar-refractivity contribution in [3.8, 4) is 5.75 Å². The summed E-state index contributed by atoms with van der Waals surface area (Å²) >= 11 is 0. The van der Waals surface area contributed by atoms with Crippen molar-refractivity contribution in [3.05, 3.63) is 65.7 Å². The Bertz CT molecular complexity index is 702. The molecule has 2 N–H and O–H groups in total. The van der Waals surface area contributed by atoms with Gasteiger partial charge in [0.2, 0.25) is 0 Å². The average molecular weight is 343 g/mol. The quantitative estimate of drug-likeness (QED) is 0.682. The molecule has 0 aromatic heterocycles. The SMILES string of the molecule is COCCOc1cccc(C(=O)NC(Cc2ccccc2)C(=O)O)c1. The van der Waals surface area contributed by atoms with E-state index in [9.17, 15) is 14.7 Å². The molecule has 2 aromatic carbocycles. The van der Waals surface area contributed by atoms with Gasteiger partial charge in [0.15, 0.2) is 0 Å². The molecule has 0 saturated carbocycles. The molecule has 0 saturated heterocycles. The van der Waals surface area contributed by atoms with Crippen LogP contribution >= 0.6 is 0 Å². The van der Waals surface area contributed by atoms with Crippen molar-refractivity contribution in [2.24, 2.45) is 0 Å². The molecule has 6 heteroatoms. The molecule has 0 radical (unpaired) electrons. The normalized spacial score (nSPS) is 11.6. The third-order valence-electron chi connectivity index (χ3n) is 3.54. The summed E-state index contributed by atoms with van der Waals surface area (Å²) in [5.74, 6) is -1.01. The lowest BCUT2D eigenvalue weighted by Gasteiger charge is -2.15. The van der Waals surface area contributed by atoms with Gasteiger partial charge < -0.3 is 19.9 Å². The van der Waals surface area contributed by atoms with Gasteiger partial charge in [-0.2, -0.15) is 0 Å². The van der Waals surface area contributed by atoms with Gasteiger partial charge in [-0.25, -0.2) is 4.79 Å². The number of methoxy groups -OCH3 is 1. The number of ether oxygens (including phenoxy) is 2. The molecular formula is C19H21NO5. The van der Waals surface area contributed by atoms with Gasteiger partial charge in [0.05, 0.1) is 6.61 Å². The maximum absolute atomic E-state index is 12.4. The van der Waals surface area contributed by atoms with Gasteiger partial charge in [0.25, 0.3) is 5.91 Å². The number of carboxylic acid groups (broad SMARTS) is 1. The number of aliphatic carboxylic acids is 1. The van der Waals surface area contributed by atoms with Crippen molar-refractivity contribution in [2.75, 3.05) is 20.3 Å². The zero-order chi connectivity index (χ0) is 18.1. The first-order valence-electron chi connectivity index (χ1n) is 7.89. The second-order valence-electron chi connectivity index (χ2n) is 5.42. The molecule has 0 bridgehead atoms. The number of hydrogen-bond acceptors (Lipinski definition) is 4. The highest BCUT2D eigenvalue weighted by Gasteiger charge is 2.21. The minimum Gasteiger partial charge on any atom is -0.491 e. The van der Waals surface area contributed by atoms with Crippen molar-refractivity contribution in [1.29, 1.82) is 0 Å². The van der Waals surface area contributed by atoms with Crippen LogP contribution in [0, 0.1) is 0 Å². The Balaban J connectivity index is 2.03. The predicted molar refractivity (Wildman–Crippen MR) is 92.8 cm³/mol. The van der Waals surface area contributed by atoms with E-state index in [4.69, 9.17) is 9.47 Å². The number of benzene rings is 2. The number of carbonyl (C=O) groups is 2. The Kier molecular flexibility index (Phi) is 6.98. The summed E-state index contributed by atoms with van der Waals surface area (Å²) in [5.41, 5.74) is 1.18. The second kappa shape index (κ2) is 9.44. The van der Waals surface area contributed by atoms with Crippen LogP contribution in [0.15, 0.2) is 54.6 Å². The van der Waals surface area contributed by atoms with E-state index < -0.39 is 17.9 Å². The lowest BCUT2D eigenvalue weighted by Crippen LogP contribution is -2.42. The fourth-order valence-corrected chi connectivity index (χ4v) is 2.26. The molecule has 0 heterocycles. The van der Waals surface area contributed by atoms with Crippen LogP contribution in [0.2, 0.25) is 0 Å². The summed E-state index contributed by atoms with van der Waals surface area (Å²) in [6.45, 7) is 0.807. The van der Waals surface area contributed by atoms with E-state index in [1.165, 1.54) is 0 Å². The lowest BCUT2D eigenvalue weighted by molar-refractivity contribution is -0.139. The molecule has 2 aromatic rings. The molecule has 0 aliphatic carbocycles. The summed E-state index contributed by atoms with van der Waals surface area (Å²) in [6, 6.07) is 14.8. The van der Waals surface area contributed by atoms with E-state index in [1.807, 2.05) is 30.3 Å². The van der Waals surface area contributed by atoms with Crippen LogP contribution in [-0.4, -0.2) is 43.3 Å². The highest BCUT2D eigenvalue weighted by Crippen LogP contribution is 2.14. The van der Waals surface area contributed by atoms with Crippen molar-refractivity contribution >= 4 is 11.9 Å². The van der Waals surface area contributed by atoms with Crippen LogP contribution < -0.4 is 10.1 Å². The van der Waals surface area contributed by atoms with Crippen molar-refractivity contribution in [1.82, 2.24) is 5.32 Å². The van der Waals surface area contributed by atoms with Crippen LogP contribution in [0.5, 0.6) is 5.75 Å². The zero-order valence-corrected chi connectivity index (χ0v) is 14.0. The minimum absolute atomic E-state index is 0.214. The van der Waals surface area contributed by atoms with Crippen molar-refractivity contribution in [3.63, 3.8) is 0 Å². The summed E-state index contributed by atoms with van der Waals surface area (Å²) < 4.78 is 10.4. The smallest absolute Gasteiger partial charge is 0.326 e. The zero-order valence-electron chi connectivity index (χ0n) is 14.0. The molecule has 1 atom stereocenters. The van der Waals surface area contributed by atoms with Crippen molar-refractivity contribution < 1.29 is 24.2 Å². The van der Waals surface area contributed by atoms with Gasteiger partial charge in [-0.15, -0.1) is 0 Å². The van der Waals surface area contributed by atoms with E-state index in [2.05, 4.69) is 5.32 Å². The number of carbonyl (C=O) groups excluding carboxylic acids is 1. The van der Waals surface area contributed by atoms with Gasteiger partial charge in [-0.1, -0.05) is 36.4 Å². The molecule has 0 spiro atoms. The Hall–Kier alpha value is -2.86. The van der Waals surface area contributed by atoms with Crippen LogP contribution in [0.4, 0.5) is 0 Å². The molecule has 1 unspecified atom stereocenters. The first kappa shape index (κ1) is 18.5. The average Bonchev–Trinajstić information content (AvgIpc) is 2.62. The molecule has 0 aliphatic heterocycles. The van der Waals surface area contributed by atoms with Crippen molar-refractivity contribution in [2.45, 2.75) is 12.5 Å². The standard InChI is InChI=1S/C19H21NO5/c1-24-10-11-25-16-9-5-8-15(13-16)18(21)20-17(19(22)23)12-14-6-3-2-4-7-14/h2-9,13,17H,10-12H2,1H3,(H,20,21)(H,22,23). The first-order valence-corrected chi connectivity index (χ1v) is 7.89. The number of hydrogen-bond donors (Lipinski definition) is 2. The summed E-state index contributed by atoms with van der Waals surface area (Å²) in [5, 5.41) is 11.9. The highest BCUT2D eigenvalue weighted by atomic mass is 16.5. The maximum Gasteiger partial charge on any atom is 0.326 e. The molecule has 0 fully saturated rings. The number of carboxylic acids is 1. The fraction of sp³-hybridized carbons (Fsp3) is 0.263. The second-order valence-corrected chi connectivity index (χ2v) is 5.42. The third kappa shape index (κ3) is 5.93. The Morgan fingerprint density at radius 1 is 1.08 bits per heavy atom. The summed E-state index contributed by atoms with van der Waals surface area (Å²) in [4.78, 5) is 23.8. The lowest BCUT2D eigenvalue weighted by atomic mass is 10.1. The van der Waals surface area contributed by atoms with Gasteiger partial charge in [0, 0.05) is 19.1 Å². The topological polar surface area (TPSA) is 84.9 Å². The monoisotopic (exact) mass is 343 g/mol. The van der Waals surface area contributed by atoms with Gasteiger partial charge >= 0.3 is 5.97 Å². The Morgan fingerprint density at radius 2 is 1.84 bits per heavy atom.